The lowest BCUT2D eigenvalue weighted by Crippen LogP contribution is -2.41. The maximum absolute atomic E-state index is 12.7. The Morgan fingerprint density at radius 1 is 1.32 bits per heavy atom. The van der Waals surface area contributed by atoms with Crippen molar-refractivity contribution in [2.45, 2.75) is 39.0 Å². The van der Waals surface area contributed by atoms with Crippen LogP contribution in [0.2, 0.25) is 0 Å². The second kappa shape index (κ2) is 5.53. The lowest BCUT2D eigenvalue weighted by Gasteiger charge is -2.36. The molecule has 0 saturated heterocycles. The summed E-state index contributed by atoms with van der Waals surface area (Å²) in [6.45, 7) is 2.08. The van der Waals surface area contributed by atoms with E-state index in [1.807, 2.05) is 25.2 Å². The van der Waals surface area contributed by atoms with E-state index in [2.05, 4.69) is 22.9 Å². The van der Waals surface area contributed by atoms with Crippen molar-refractivity contribution in [1.82, 2.24) is 0 Å². The van der Waals surface area contributed by atoms with Gasteiger partial charge in [0.15, 0.2) is 0 Å². The van der Waals surface area contributed by atoms with Crippen molar-refractivity contribution in [3.63, 3.8) is 0 Å². The SMILES string of the molecule is CN(C(=O)C1(C)CCCCC1)c1ccc(Br)cc1N. The van der Waals surface area contributed by atoms with Gasteiger partial charge in [0.1, 0.15) is 0 Å². The minimum Gasteiger partial charge on any atom is -0.397 e. The monoisotopic (exact) mass is 324 g/mol. The quantitative estimate of drug-likeness (QED) is 0.837. The first-order valence-corrected chi connectivity index (χ1v) is 7.56. The Hall–Kier alpha value is -1.03. The van der Waals surface area contributed by atoms with Crippen molar-refractivity contribution >= 4 is 33.2 Å². The van der Waals surface area contributed by atoms with Crippen molar-refractivity contribution in [2.75, 3.05) is 17.7 Å². The van der Waals surface area contributed by atoms with Crippen LogP contribution in [0.3, 0.4) is 0 Å². The number of carbonyl (C=O) groups is 1. The number of nitrogen functional groups attached to an aromatic ring is 1. The molecule has 1 aromatic rings. The summed E-state index contributed by atoms with van der Waals surface area (Å²) >= 11 is 3.39. The minimum atomic E-state index is -0.230. The molecule has 1 fully saturated rings. The Labute approximate surface area is 123 Å². The normalized spacial score (nSPS) is 18.1. The zero-order chi connectivity index (χ0) is 14.0. The number of rotatable bonds is 2. The summed E-state index contributed by atoms with van der Waals surface area (Å²) in [7, 11) is 1.82. The van der Waals surface area contributed by atoms with Gasteiger partial charge in [0.25, 0.3) is 0 Å². The molecule has 0 radical (unpaired) electrons. The van der Waals surface area contributed by atoms with Crippen LogP contribution in [0.5, 0.6) is 0 Å². The molecule has 2 rings (SSSR count). The smallest absolute Gasteiger partial charge is 0.232 e. The molecule has 0 unspecified atom stereocenters. The van der Waals surface area contributed by atoms with E-state index in [0.29, 0.717) is 5.69 Å². The van der Waals surface area contributed by atoms with E-state index < -0.39 is 0 Å². The van der Waals surface area contributed by atoms with Crippen LogP contribution in [-0.2, 0) is 4.79 Å². The van der Waals surface area contributed by atoms with Crippen molar-refractivity contribution in [3.8, 4) is 0 Å². The van der Waals surface area contributed by atoms with E-state index in [-0.39, 0.29) is 11.3 Å². The third-order valence-electron chi connectivity index (χ3n) is 4.13. The standard InChI is InChI=1S/C15H21BrN2O/c1-15(8-4-3-5-9-15)14(19)18(2)13-7-6-11(16)10-12(13)17/h6-7,10H,3-5,8-9,17H2,1-2H3. The Kier molecular flexibility index (Phi) is 4.19. The zero-order valence-electron chi connectivity index (χ0n) is 11.6. The third kappa shape index (κ3) is 2.94. The van der Waals surface area contributed by atoms with Gasteiger partial charge in [-0.2, -0.15) is 0 Å². The molecule has 3 nitrogen and oxygen atoms in total. The lowest BCUT2D eigenvalue weighted by molar-refractivity contribution is -0.128. The lowest BCUT2D eigenvalue weighted by atomic mass is 9.74. The van der Waals surface area contributed by atoms with Gasteiger partial charge in [-0.05, 0) is 31.0 Å². The topological polar surface area (TPSA) is 46.3 Å². The molecule has 0 atom stereocenters. The predicted octanol–water partition coefficient (Wildman–Crippen LogP) is 3.96. The number of anilines is 2. The molecular formula is C15H21BrN2O. The number of nitrogens with zero attached hydrogens (tertiary/aromatic N) is 1. The molecular weight excluding hydrogens is 304 g/mol. The van der Waals surface area contributed by atoms with Gasteiger partial charge in [-0.3, -0.25) is 4.79 Å². The van der Waals surface area contributed by atoms with Crippen molar-refractivity contribution in [1.29, 1.82) is 0 Å². The summed E-state index contributed by atoms with van der Waals surface area (Å²) in [5.74, 6) is 0.182. The van der Waals surface area contributed by atoms with E-state index in [9.17, 15) is 4.79 Å². The molecule has 0 aromatic heterocycles. The summed E-state index contributed by atoms with van der Waals surface area (Å²) in [5.41, 5.74) is 7.20. The fourth-order valence-corrected chi connectivity index (χ4v) is 3.27. The molecule has 1 aliphatic carbocycles. The van der Waals surface area contributed by atoms with Gasteiger partial charge in [0, 0.05) is 16.9 Å². The molecule has 4 heteroatoms. The number of halogens is 1. The van der Waals surface area contributed by atoms with Crippen LogP contribution in [0.1, 0.15) is 39.0 Å². The number of amides is 1. The molecule has 1 saturated carbocycles. The number of carbonyl (C=O) groups excluding carboxylic acids is 1. The van der Waals surface area contributed by atoms with Crippen LogP contribution in [0.4, 0.5) is 11.4 Å². The van der Waals surface area contributed by atoms with E-state index in [1.165, 1.54) is 6.42 Å². The van der Waals surface area contributed by atoms with Gasteiger partial charge in [-0.25, -0.2) is 0 Å². The van der Waals surface area contributed by atoms with Crippen LogP contribution in [-0.4, -0.2) is 13.0 Å². The Morgan fingerprint density at radius 3 is 2.53 bits per heavy atom. The Morgan fingerprint density at radius 2 is 1.95 bits per heavy atom. The van der Waals surface area contributed by atoms with E-state index in [1.54, 1.807) is 4.90 Å². The first-order valence-electron chi connectivity index (χ1n) is 6.77. The minimum absolute atomic E-state index is 0.182. The highest BCUT2D eigenvalue weighted by atomic mass is 79.9. The second-order valence-corrected chi connectivity index (χ2v) is 6.60. The maximum Gasteiger partial charge on any atom is 0.232 e. The van der Waals surface area contributed by atoms with Crippen molar-refractivity contribution in [2.24, 2.45) is 5.41 Å². The Balaban J connectivity index is 2.23. The first-order chi connectivity index (χ1) is 8.94. The van der Waals surface area contributed by atoms with Gasteiger partial charge < -0.3 is 10.6 Å². The molecule has 1 aromatic carbocycles. The summed E-state index contributed by atoms with van der Waals surface area (Å²) < 4.78 is 0.929. The largest absolute Gasteiger partial charge is 0.397 e. The summed E-state index contributed by atoms with van der Waals surface area (Å²) in [6.07, 6.45) is 5.49. The van der Waals surface area contributed by atoms with Crippen LogP contribution in [0.15, 0.2) is 22.7 Å². The highest BCUT2D eigenvalue weighted by Crippen LogP contribution is 2.39. The van der Waals surface area contributed by atoms with Crippen LogP contribution in [0, 0.1) is 5.41 Å². The van der Waals surface area contributed by atoms with Gasteiger partial charge in [0.2, 0.25) is 5.91 Å². The molecule has 0 spiro atoms. The fourth-order valence-electron chi connectivity index (χ4n) is 2.89. The third-order valence-corrected chi connectivity index (χ3v) is 4.62. The predicted molar refractivity (Wildman–Crippen MR) is 83.2 cm³/mol. The first kappa shape index (κ1) is 14.4. The van der Waals surface area contributed by atoms with Crippen molar-refractivity contribution in [3.05, 3.63) is 22.7 Å². The molecule has 0 bridgehead atoms. The van der Waals surface area contributed by atoms with Gasteiger partial charge in [-0.15, -0.1) is 0 Å². The van der Waals surface area contributed by atoms with Crippen LogP contribution >= 0.6 is 15.9 Å². The second-order valence-electron chi connectivity index (χ2n) is 5.69. The summed E-state index contributed by atoms with van der Waals surface area (Å²) in [5, 5.41) is 0. The molecule has 19 heavy (non-hydrogen) atoms. The average molecular weight is 325 g/mol. The summed E-state index contributed by atoms with van der Waals surface area (Å²) in [4.78, 5) is 14.4. The van der Waals surface area contributed by atoms with E-state index in [4.69, 9.17) is 5.73 Å². The number of hydrogen-bond acceptors (Lipinski definition) is 2. The Bertz CT molecular complexity index is 481. The van der Waals surface area contributed by atoms with Gasteiger partial charge in [-0.1, -0.05) is 42.1 Å². The van der Waals surface area contributed by atoms with E-state index in [0.717, 1.165) is 35.8 Å². The highest BCUT2D eigenvalue weighted by Gasteiger charge is 2.37. The number of benzene rings is 1. The van der Waals surface area contributed by atoms with Crippen LogP contribution in [0.25, 0.3) is 0 Å². The number of nitrogens with two attached hydrogens (primary N) is 1. The van der Waals surface area contributed by atoms with E-state index >= 15 is 0 Å². The number of hydrogen-bond donors (Lipinski definition) is 1. The fraction of sp³-hybridized carbons (Fsp3) is 0.533. The van der Waals surface area contributed by atoms with Gasteiger partial charge in [0.05, 0.1) is 11.4 Å². The zero-order valence-corrected chi connectivity index (χ0v) is 13.2. The molecule has 2 N–H and O–H groups in total. The molecule has 0 heterocycles. The van der Waals surface area contributed by atoms with Gasteiger partial charge >= 0.3 is 0 Å². The molecule has 104 valence electrons. The maximum atomic E-state index is 12.7. The van der Waals surface area contributed by atoms with Crippen LogP contribution < -0.4 is 10.6 Å². The van der Waals surface area contributed by atoms with Crippen molar-refractivity contribution < 1.29 is 4.79 Å². The highest BCUT2D eigenvalue weighted by molar-refractivity contribution is 9.10. The summed E-state index contributed by atoms with van der Waals surface area (Å²) in [6, 6.07) is 5.64. The molecule has 1 amide bonds. The molecule has 0 aliphatic heterocycles. The average Bonchev–Trinajstić information content (AvgIpc) is 2.38. The molecule has 1 aliphatic rings.